The van der Waals surface area contributed by atoms with Gasteiger partial charge in [0, 0.05) is 44.1 Å². The molecule has 0 aliphatic carbocycles. The van der Waals surface area contributed by atoms with E-state index in [1.165, 1.54) is 37.6 Å². The SMILES string of the molecule is Cc1nc(OC(=O)Nc2ccc([N+]3(N4CCC[C@@H]4C)CCCC3)cc2C)co1. The predicted octanol–water partition coefficient (Wildman–Crippen LogP) is 4.40. The summed E-state index contributed by atoms with van der Waals surface area (Å²) in [5, 5.41) is 5.48. The molecule has 3 heterocycles. The fraction of sp³-hybridized carbons (Fsp3) is 0.524. The standard InChI is InChI=1S/C21H28N4O3/c1-15-13-18(25(11-4-5-12-25)24-10-6-7-16(24)2)8-9-19(15)23-21(26)28-20-14-27-17(3)22-20/h8-9,13-14,16H,4-7,10-12H2,1-3H3/p+1/t16-/m0/s1. The molecular weight excluding hydrogens is 356 g/mol. The molecular formula is C21H29N4O3+. The lowest BCUT2D eigenvalue weighted by atomic mass is 10.1. The molecule has 7 heteroatoms. The van der Waals surface area contributed by atoms with Crippen molar-refractivity contribution in [1.29, 1.82) is 0 Å². The highest BCUT2D eigenvalue weighted by Crippen LogP contribution is 2.38. The fourth-order valence-corrected chi connectivity index (χ4v) is 4.68. The molecule has 2 saturated heterocycles. The number of anilines is 1. The lowest BCUT2D eigenvalue weighted by molar-refractivity contribution is -0.00237. The van der Waals surface area contributed by atoms with Crippen molar-refractivity contribution in [3.8, 4) is 5.88 Å². The second kappa shape index (κ2) is 7.56. The molecule has 1 N–H and O–H groups in total. The van der Waals surface area contributed by atoms with Crippen LogP contribution in [0.15, 0.2) is 28.9 Å². The maximum Gasteiger partial charge on any atom is 0.418 e. The highest BCUT2D eigenvalue weighted by molar-refractivity contribution is 5.87. The quantitative estimate of drug-likeness (QED) is 0.790. The highest BCUT2D eigenvalue weighted by Gasteiger charge is 2.45. The van der Waals surface area contributed by atoms with Crippen LogP contribution in [-0.4, -0.2) is 41.8 Å². The molecule has 4 rings (SSSR count). The topological polar surface area (TPSA) is 67.6 Å². The molecule has 0 bridgehead atoms. The number of oxazole rings is 1. The van der Waals surface area contributed by atoms with Crippen molar-refractivity contribution in [2.75, 3.05) is 25.0 Å². The van der Waals surface area contributed by atoms with Crippen molar-refractivity contribution in [1.82, 2.24) is 14.6 Å². The number of amides is 1. The highest BCUT2D eigenvalue weighted by atomic mass is 16.6. The van der Waals surface area contributed by atoms with Gasteiger partial charge in [0.2, 0.25) is 0 Å². The van der Waals surface area contributed by atoms with Gasteiger partial charge in [0.15, 0.2) is 17.8 Å². The van der Waals surface area contributed by atoms with Crippen molar-refractivity contribution in [3.63, 3.8) is 0 Å². The molecule has 2 fully saturated rings. The number of benzene rings is 1. The first-order chi connectivity index (χ1) is 13.5. The first kappa shape index (κ1) is 19.0. The number of nitrogens with one attached hydrogen (secondary N) is 1. The number of carbonyl (C=O) groups is 1. The van der Waals surface area contributed by atoms with Gasteiger partial charge in [-0.3, -0.25) is 5.32 Å². The third-order valence-corrected chi connectivity index (χ3v) is 6.04. The van der Waals surface area contributed by atoms with Crippen LogP contribution in [0.4, 0.5) is 16.2 Å². The molecule has 150 valence electrons. The van der Waals surface area contributed by atoms with Gasteiger partial charge >= 0.3 is 6.09 Å². The van der Waals surface area contributed by atoms with Gasteiger partial charge < -0.3 is 9.15 Å². The maximum atomic E-state index is 12.2. The molecule has 0 saturated carbocycles. The smallest absolute Gasteiger partial charge is 0.418 e. The largest absolute Gasteiger partial charge is 0.445 e. The third kappa shape index (κ3) is 3.52. The van der Waals surface area contributed by atoms with Gasteiger partial charge in [0.25, 0.3) is 5.88 Å². The van der Waals surface area contributed by atoms with Crippen molar-refractivity contribution in [3.05, 3.63) is 35.9 Å². The number of nitrogens with zero attached hydrogens (tertiary/aromatic N) is 3. The molecule has 1 aromatic carbocycles. The van der Waals surface area contributed by atoms with Crippen LogP contribution in [0.2, 0.25) is 0 Å². The van der Waals surface area contributed by atoms with Crippen LogP contribution < -0.4 is 14.6 Å². The average Bonchev–Trinajstić information content (AvgIpc) is 3.38. The predicted molar refractivity (Wildman–Crippen MR) is 108 cm³/mol. The van der Waals surface area contributed by atoms with E-state index in [1.807, 2.05) is 13.0 Å². The van der Waals surface area contributed by atoms with Crippen LogP contribution in [-0.2, 0) is 0 Å². The molecule has 2 aromatic rings. The van der Waals surface area contributed by atoms with Crippen molar-refractivity contribution >= 4 is 17.5 Å². The molecule has 0 unspecified atom stereocenters. The molecule has 0 radical (unpaired) electrons. The zero-order chi connectivity index (χ0) is 19.7. The molecule has 7 nitrogen and oxygen atoms in total. The second-order valence-corrected chi connectivity index (χ2v) is 7.95. The Balaban J connectivity index is 1.52. The van der Waals surface area contributed by atoms with Gasteiger partial charge in [-0.05, 0) is 38.3 Å². The van der Waals surface area contributed by atoms with Crippen LogP contribution in [0.1, 0.15) is 44.1 Å². The number of hydrogen-bond donors (Lipinski definition) is 1. The van der Waals surface area contributed by atoms with E-state index >= 15 is 0 Å². The van der Waals surface area contributed by atoms with Gasteiger partial charge in [0.1, 0.15) is 13.1 Å². The molecule has 2 aliphatic rings. The summed E-state index contributed by atoms with van der Waals surface area (Å²) < 4.78 is 11.2. The molecule has 1 atom stereocenters. The third-order valence-electron chi connectivity index (χ3n) is 6.04. The van der Waals surface area contributed by atoms with Gasteiger partial charge in [-0.15, -0.1) is 5.01 Å². The minimum atomic E-state index is -0.567. The number of hydrogen-bond acceptors (Lipinski definition) is 5. The Morgan fingerprint density at radius 2 is 2.07 bits per heavy atom. The number of ether oxygens (including phenoxy) is 1. The van der Waals surface area contributed by atoms with Gasteiger partial charge in [-0.25, -0.2) is 9.39 Å². The Bertz CT molecular complexity index is 857. The molecule has 2 aliphatic heterocycles. The van der Waals surface area contributed by atoms with Crippen LogP contribution in [0.25, 0.3) is 0 Å². The van der Waals surface area contributed by atoms with E-state index in [1.54, 1.807) is 6.92 Å². The Morgan fingerprint density at radius 1 is 1.29 bits per heavy atom. The number of aryl methyl sites for hydroxylation is 2. The van der Waals surface area contributed by atoms with Gasteiger partial charge in [-0.2, -0.15) is 4.98 Å². The van der Waals surface area contributed by atoms with Crippen LogP contribution in [0.3, 0.4) is 0 Å². The van der Waals surface area contributed by atoms with Crippen LogP contribution in [0, 0.1) is 13.8 Å². The first-order valence-electron chi connectivity index (χ1n) is 10.1. The normalized spacial score (nSPS) is 21.8. The first-order valence-corrected chi connectivity index (χ1v) is 10.1. The molecule has 1 aromatic heterocycles. The second-order valence-electron chi connectivity index (χ2n) is 7.95. The summed E-state index contributed by atoms with van der Waals surface area (Å²) >= 11 is 0. The Hall–Kier alpha value is -2.38. The summed E-state index contributed by atoms with van der Waals surface area (Å²) in [4.78, 5) is 16.2. The number of rotatable bonds is 4. The van der Waals surface area contributed by atoms with E-state index in [0.29, 0.717) is 11.9 Å². The van der Waals surface area contributed by atoms with Crippen LogP contribution >= 0.6 is 0 Å². The van der Waals surface area contributed by atoms with Crippen molar-refractivity contribution < 1.29 is 13.9 Å². The van der Waals surface area contributed by atoms with E-state index in [9.17, 15) is 4.79 Å². The summed E-state index contributed by atoms with van der Waals surface area (Å²) in [5.41, 5.74) is 3.10. The summed E-state index contributed by atoms with van der Waals surface area (Å²) in [6.45, 7) is 9.54. The Kier molecular flexibility index (Phi) is 5.12. The molecule has 0 spiro atoms. The van der Waals surface area contributed by atoms with E-state index in [0.717, 1.165) is 35.5 Å². The molecule has 1 amide bonds. The van der Waals surface area contributed by atoms with Crippen molar-refractivity contribution in [2.45, 2.75) is 52.5 Å². The lowest BCUT2D eigenvalue weighted by Crippen LogP contribution is -2.61. The van der Waals surface area contributed by atoms with Gasteiger partial charge in [0.05, 0.1) is 6.04 Å². The number of quaternary nitrogens is 1. The average molecular weight is 385 g/mol. The number of carbonyl (C=O) groups excluding carboxylic acids is 1. The summed E-state index contributed by atoms with van der Waals surface area (Å²) in [7, 11) is 0. The van der Waals surface area contributed by atoms with E-state index in [2.05, 4.69) is 34.4 Å². The monoisotopic (exact) mass is 385 g/mol. The molecule has 28 heavy (non-hydrogen) atoms. The van der Waals surface area contributed by atoms with E-state index in [-0.39, 0.29) is 5.88 Å². The zero-order valence-corrected chi connectivity index (χ0v) is 16.9. The minimum absolute atomic E-state index is 0.161. The van der Waals surface area contributed by atoms with Crippen molar-refractivity contribution in [2.24, 2.45) is 0 Å². The van der Waals surface area contributed by atoms with Crippen LogP contribution in [0.5, 0.6) is 5.88 Å². The summed E-state index contributed by atoms with van der Waals surface area (Å²) in [6, 6.07) is 6.96. The lowest BCUT2D eigenvalue weighted by Gasteiger charge is -2.43. The number of aromatic nitrogens is 1. The Morgan fingerprint density at radius 3 is 2.68 bits per heavy atom. The Labute approximate surface area is 165 Å². The summed E-state index contributed by atoms with van der Waals surface area (Å²) in [5.74, 6) is 0.618. The summed E-state index contributed by atoms with van der Waals surface area (Å²) in [6.07, 6.45) is 5.81. The fourth-order valence-electron chi connectivity index (χ4n) is 4.68. The maximum absolute atomic E-state index is 12.2. The van der Waals surface area contributed by atoms with Gasteiger partial charge in [-0.1, -0.05) is 0 Å². The minimum Gasteiger partial charge on any atom is -0.445 e. The zero-order valence-electron chi connectivity index (χ0n) is 16.9. The van der Waals surface area contributed by atoms with E-state index in [4.69, 9.17) is 9.15 Å². The van der Waals surface area contributed by atoms with E-state index < -0.39 is 6.09 Å².